The van der Waals surface area contributed by atoms with E-state index in [1.165, 1.54) is 5.82 Å². The molecule has 0 fully saturated rings. The zero-order valence-corrected chi connectivity index (χ0v) is 11.1. The van der Waals surface area contributed by atoms with Gasteiger partial charge in [-0.2, -0.15) is 0 Å². The molecule has 0 aliphatic heterocycles. The first-order chi connectivity index (χ1) is 7.09. The maximum absolute atomic E-state index is 12.1. The molecule has 1 atom stereocenters. The summed E-state index contributed by atoms with van der Waals surface area (Å²) in [5.74, 6) is 1.43. The van der Waals surface area contributed by atoms with Crippen LogP contribution in [0.4, 0.5) is 0 Å². The van der Waals surface area contributed by atoms with Crippen molar-refractivity contribution in [2.45, 2.75) is 13.1 Å². The Bertz CT molecular complexity index is 373. The average molecular weight is 289 g/mol. The summed E-state index contributed by atoms with van der Waals surface area (Å²) in [6.07, 6.45) is 0.414. The van der Waals surface area contributed by atoms with Crippen molar-refractivity contribution in [2.24, 2.45) is 0 Å². The van der Waals surface area contributed by atoms with Gasteiger partial charge >= 0.3 is 0 Å². The third kappa shape index (κ3) is 3.94. The molecule has 4 heteroatoms. The number of hydrogen-bond donors (Lipinski definition) is 0. The minimum atomic E-state index is -2.69. The summed E-state index contributed by atoms with van der Waals surface area (Å²) in [6, 6.07) is 7.71. The average Bonchev–Trinajstić information content (AvgIpc) is 2.22. The fourth-order valence-electron chi connectivity index (χ4n) is 1.23. The minimum absolute atomic E-state index is 0.414. The third-order valence-electron chi connectivity index (χ3n) is 1.94. The second-order valence-electron chi connectivity index (χ2n) is 3.11. The molecule has 0 bridgehead atoms. The topological polar surface area (TPSA) is 26.3 Å². The van der Waals surface area contributed by atoms with Crippen molar-refractivity contribution in [3.05, 3.63) is 46.7 Å². The number of hydrogen-bond acceptors (Lipinski definition) is 2. The van der Waals surface area contributed by atoms with Crippen LogP contribution < -0.4 is 0 Å². The van der Waals surface area contributed by atoms with Gasteiger partial charge in [-0.15, -0.1) is 0 Å². The molecule has 0 radical (unpaired) electrons. The Morgan fingerprint density at radius 3 is 2.53 bits per heavy atom. The molecule has 0 aromatic heterocycles. The van der Waals surface area contributed by atoms with Crippen LogP contribution in [0, 0.1) is 0 Å². The van der Waals surface area contributed by atoms with Crippen LogP contribution in [0.1, 0.15) is 12.5 Å². The normalized spacial score (nSPS) is 14.5. The molecule has 0 saturated carbocycles. The third-order valence-corrected chi connectivity index (χ3v) is 4.53. The van der Waals surface area contributed by atoms with Crippen LogP contribution in [0.25, 0.3) is 0 Å². The Hall–Kier alpha value is -0.370. The summed E-state index contributed by atoms with van der Waals surface area (Å²) in [5, 5.41) is 0. The maximum Gasteiger partial charge on any atom is 0.228 e. The summed E-state index contributed by atoms with van der Waals surface area (Å²) in [5.41, 5.74) is 0.995. The predicted molar refractivity (Wildman–Crippen MR) is 67.3 cm³/mol. The zero-order valence-electron chi connectivity index (χ0n) is 8.65. The van der Waals surface area contributed by atoms with E-state index in [-0.39, 0.29) is 0 Å². The molecule has 0 saturated heterocycles. The van der Waals surface area contributed by atoms with Crippen molar-refractivity contribution in [1.29, 1.82) is 0 Å². The molecule has 0 spiro atoms. The lowest BCUT2D eigenvalue weighted by atomic mass is 10.2. The highest BCUT2D eigenvalue weighted by atomic mass is 79.9. The molecule has 1 unspecified atom stereocenters. The lowest BCUT2D eigenvalue weighted by Crippen LogP contribution is -1.91. The van der Waals surface area contributed by atoms with Crippen molar-refractivity contribution in [1.82, 2.24) is 0 Å². The monoisotopic (exact) mass is 288 g/mol. The van der Waals surface area contributed by atoms with E-state index in [1.807, 2.05) is 31.2 Å². The van der Waals surface area contributed by atoms with E-state index in [2.05, 4.69) is 22.5 Å². The SMILES string of the molecule is C=CP(=O)(Cc1ccc(Br)cc1)OCC. The van der Waals surface area contributed by atoms with Gasteiger partial charge in [-0.05, 0) is 30.4 Å². The molecular weight excluding hydrogens is 275 g/mol. The van der Waals surface area contributed by atoms with Crippen LogP contribution >= 0.6 is 23.3 Å². The van der Waals surface area contributed by atoms with Gasteiger partial charge in [0, 0.05) is 4.47 Å². The molecule has 0 heterocycles. The van der Waals surface area contributed by atoms with E-state index in [9.17, 15) is 4.57 Å². The fourth-order valence-corrected chi connectivity index (χ4v) is 2.97. The van der Waals surface area contributed by atoms with Gasteiger partial charge in [0.25, 0.3) is 0 Å². The molecule has 82 valence electrons. The Morgan fingerprint density at radius 2 is 2.07 bits per heavy atom. The van der Waals surface area contributed by atoms with Crippen LogP contribution in [-0.4, -0.2) is 6.61 Å². The van der Waals surface area contributed by atoms with Crippen molar-refractivity contribution in [3.63, 3.8) is 0 Å². The Balaban J connectivity index is 2.79. The molecule has 0 aliphatic rings. The highest BCUT2D eigenvalue weighted by Gasteiger charge is 2.18. The molecule has 1 aromatic carbocycles. The molecule has 1 aromatic rings. The second-order valence-corrected chi connectivity index (χ2v) is 6.42. The molecule has 0 amide bonds. The van der Waals surface area contributed by atoms with Gasteiger partial charge in [0.1, 0.15) is 0 Å². The van der Waals surface area contributed by atoms with Gasteiger partial charge in [-0.1, -0.05) is 34.6 Å². The fraction of sp³-hybridized carbons (Fsp3) is 0.273. The Labute approximate surface area is 98.9 Å². The van der Waals surface area contributed by atoms with Crippen LogP contribution in [0.3, 0.4) is 0 Å². The van der Waals surface area contributed by atoms with Crippen LogP contribution in [-0.2, 0) is 15.3 Å². The summed E-state index contributed by atoms with van der Waals surface area (Å²) in [7, 11) is -2.69. The minimum Gasteiger partial charge on any atom is -0.326 e. The van der Waals surface area contributed by atoms with Crippen LogP contribution in [0.15, 0.2) is 41.1 Å². The molecular formula is C11H14BrO2P. The summed E-state index contributed by atoms with van der Waals surface area (Å²) in [6.45, 7) is 5.84. The quantitative estimate of drug-likeness (QED) is 0.751. The Morgan fingerprint density at radius 1 is 1.47 bits per heavy atom. The number of benzene rings is 1. The van der Waals surface area contributed by atoms with Gasteiger partial charge in [0.15, 0.2) is 0 Å². The van der Waals surface area contributed by atoms with E-state index >= 15 is 0 Å². The first kappa shape index (κ1) is 12.7. The van der Waals surface area contributed by atoms with Crippen molar-refractivity contribution in [3.8, 4) is 0 Å². The van der Waals surface area contributed by atoms with Crippen molar-refractivity contribution >= 4 is 23.3 Å². The van der Waals surface area contributed by atoms with Gasteiger partial charge in [0.2, 0.25) is 7.37 Å². The number of halogens is 1. The van der Waals surface area contributed by atoms with Crippen LogP contribution in [0.2, 0.25) is 0 Å². The zero-order chi connectivity index (χ0) is 11.3. The van der Waals surface area contributed by atoms with Crippen molar-refractivity contribution < 1.29 is 9.09 Å². The van der Waals surface area contributed by atoms with Gasteiger partial charge < -0.3 is 4.52 Å². The van der Waals surface area contributed by atoms with E-state index in [4.69, 9.17) is 4.52 Å². The highest BCUT2D eigenvalue weighted by Crippen LogP contribution is 2.51. The van der Waals surface area contributed by atoms with Gasteiger partial charge in [-0.25, -0.2) is 0 Å². The summed E-state index contributed by atoms with van der Waals surface area (Å²) < 4.78 is 18.3. The first-order valence-corrected chi connectivity index (χ1v) is 7.38. The number of rotatable bonds is 5. The smallest absolute Gasteiger partial charge is 0.228 e. The molecule has 1 rings (SSSR count). The molecule has 0 aliphatic carbocycles. The van der Waals surface area contributed by atoms with Gasteiger partial charge in [0.05, 0.1) is 12.8 Å². The molecule has 15 heavy (non-hydrogen) atoms. The largest absolute Gasteiger partial charge is 0.326 e. The molecule has 2 nitrogen and oxygen atoms in total. The maximum atomic E-state index is 12.1. The summed E-state index contributed by atoms with van der Waals surface area (Å²) >= 11 is 3.35. The lowest BCUT2D eigenvalue weighted by Gasteiger charge is -2.13. The highest BCUT2D eigenvalue weighted by molar-refractivity contribution is 9.10. The lowest BCUT2D eigenvalue weighted by molar-refractivity contribution is 0.339. The predicted octanol–water partition coefficient (Wildman–Crippen LogP) is 4.41. The first-order valence-electron chi connectivity index (χ1n) is 4.71. The second kappa shape index (κ2) is 5.64. The van der Waals surface area contributed by atoms with Crippen LogP contribution in [0.5, 0.6) is 0 Å². The van der Waals surface area contributed by atoms with E-state index in [0.717, 1.165) is 10.0 Å². The molecule has 0 N–H and O–H groups in total. The van der Waals surface area contributed by atoms with Crippen molar-refractivity contribution in [2.75, 3.05) is 6.61 Å². The van der Waals surface area contributed by atoms with E-state index in [0.29, 0.717) is 12.8 Å². The van der Waals surface area contributed by atoms with E-state index < -0.39 is 7.37 Å². The summed E-state index contributed by atoms with van der Waals surface area (Å²) in [4.78, 5) is 0. The van der Waals surface area contributed by atoms with E-state index in [1.54, 1.807) is 0 Å². The standard InChI is InChI=1S/C11H14BrO2P/c1-3-14-15(13,4-2)9-10-5-7-11(12)8-6-10/h4-8H,2-3,9H2,1H3. The Kier molecular flexibility index (Phi) is 4.78. The van der Waals surface area contributed by atoms with Gasteiger partial charge in [-0.3, -0.25) is 4.57 Å².